The van der Waals surface area contributed by atoms with Gasteiger partial charge in [0.15, 0.2) is 0 Å². The van der Waals surface area contributed by atoms with Crippen molar-refractivity contribution >= 4 is 45.7 Å². The van der Waals surface area contributed by atoms with Gasteiger partial charge < -0.3 is 24.9 Å². The Hall–Kier alpha value is -6.89. The zero-order valence-electron chi connectivity index (χ0n) is 49.7. The molecule has 3 fully saturated rings. The van der Waals surface area contributed by atoms with Gasteiger partial charge in [-0.15, -0.1) is 0 Å². The zero-order valence-corrected chi connectivity index (χ0v) is 49.7. The first-order valence-electron chi connectivity index (χ1n) is 31.0. The van der Waals surface area contributed by atoms with Crippen molar-refractivity contribution < 1.29 is 9.89 Å². The van der Waals surface area contributed by atoms with Gasteiger partial charge in [-0.1, -0.05) is 91.0 Å². The van der Waals surface area contributed by atoms with E-state index in [4.69, 9.17) is 0 Å². The molecule has 6 atom stereocenters. The van der Waals surface area contributed by atoms with Crippen LogP contribution in [0.3, 0.4) is 0 Å². The van der Waals surface area contributed by atoms with Crippen LogP contribution in [0.25, 0.3) is 22.9 Å². The van der Waals surface area contributed by atoms with Crippen LogP contribution in [0.4, 0.5) is 17.1 Å². The molecule has 11 rings (SSSR count). The van der Waals surface area contributed by atoms with Crippen molar-refractivity contribution in [2.24, 2.45) is 34.5 Å². The number of allylic oxidation sites excluding steroid dienone is 10. The second kappa shape index (κ2) is 23.7. The largest absolute Gasteiger partial charge is 0.387 e. The maximum atomic E-state index is 4.19. The Kier molecular flexibility index (Phi) is 16.3. The molecule has 6 nitrogen and oxygen atoms in total. The number of hydrogen-bond acceptors (Lipinski definition) is 4. The van der Waals surface area contributed by atoms with Crippen molar-refractivity contribution in [1.82, 2.24) is 5.32 Å². The van der Waals surface area contributed by atoms with Crippen molar-refractivity contribution in [3.63, 3.8) is 0 Å². The summed E-state index contributed by atoms with van der Waals surface area (Å²) in [6.45, 7) is 30.7. The maximum Gasteiger partial charge on any atom is 0.206 e. The average molecular weight is 1060 g/mol. The first-order valence-corrected chi connectivity index (χ1v) is 31.0. The topological polar surface area (TPSA) is 40.2 Å². The highest BCUT2D eigenvalue weighted by atomic mass is 15.1. The predicted octanol–water partition coefficient (Wildman–Crippen LogP) is 11.2. The van der Waals surface area contributed by atoms with E-state index < -0.39 is 0 Å². The highest BCUT2D eigenvalue weighted by Gasteiger charge is 2.71. The van der Waals surface area contributed by atoms with E-state index in [1.54, 1.807) is 0 Å². The lowest BCUT2D eigenvalue weighted by Gasteiger charge is -2.62. The molecule has 6 unspecified atom stereocenters. The molecular formula is C74H90N6+2. The molecule has 0 aromatic heterocycles. The molecule has 80 heavy (non-hydrogen) atoms. The van der Waals surface area contributed by atoms with Gasteiger partial charge >= 0.3 is 0 Å². The summed E-state index contributed by atoms with van der Waals surface area (Å²) in [6, 6.07) is 46.4. The van der Waals surface area contributed by atoms with E-state index in [0.29, 0.717) is 11.3 Å². The molecule has 0 aliphatic heterocycles. The fourth-order valence-electron chi connectivity index (χ4n) is 15.5. The van der Waals surface area contributed by atoms with E-state index in [9.17, 15) is 0 Å². The van der Waals surface area contributed by atoms with Gasteiger partial charge in [-0.2, -0.15) is 0 Å². The second-order valence-electron chi connectivity index (χ2n) is 23.9. The minimum absolute atomic E-state index is 0.140. The molecule has 3 saturated carbocycles. The summed E-state index contributed by atoms with van der Waals surface area (Å²) >= 11 is 0. The number of rotatable bonds is 21. The van der Waals surface area contributed by atoms with Gasteiger partial charge in [-0.05, 0) is 234 Å². The zero-order chi connectivity index (χ0) is 55.5. The van der Waals surface area contributed by atoms with E-state index >= 15 is 0 Å². The number of nitrogens with one attached hydrogen (secondary N) is 3. The number of hydrogen-bond donors (Lipinski definition) is 3. The Morgan fingerprint density at radius 1 is 0.625 bits per heavy atom. The SMILES string of the molecule is CCN(CC)c1ccc(C(=C2C=CC(=[NH+]CC34CC5CC(CNC6=CC=C(C(c7ccc(N(CC)CC)cc7)=c7ccc(=C[NH+](CC)CC)cc7)C7=CC=CCC67C)C(C3)C54)c3ccccc32)c2ccc(N(CC)CC)cc2)cc1. The van der Waals surface area contributed by atoms with Crippen molar-refractivity contribution in [2.45, 2.75) is 88.0 Å². The first kappa shape index (κ1) is 55.0. The van der Waals surface area contributed by atoms with Gasteiger partial charge in [-0.3, -0.25) is 0 Å². The highest BCUT2D eigenvalue weighted by Crippen LogP contribution is 2.74. The molecule has 6 aliphatic rings. The van der Waals surface area contributed by atoms with Crippen molar-refractivity contribution in [1.29, 1.82) is 0 Å². The third-order valence-corrected chi connectivity index (χ3v) is 20.0. The molecule has 5 aromatic carbocycles. The maximum absolute atomic E-state index is 4.19. The van der Waals surface area contributed by atoms with Crippen LogP contribution in [0.15, 0.2) is 181 Å². The van der Waals surface area contributed by atoms with Crippen LogP contribution in [0.5, 0.6) is 0 Å². The first-order chi connectivity index (χ1) is 39.1. The summed E-state index contributed by atoms with van der Waals surface area (Å²) in [5.41, 5.74) is 19.7. The molecule has 0 heterocycles. The summed E-state index contributed by atoms with van der Waals surface area (Å²) in [7, 11) is 0. The van der Waals surface area contributed by atoms with Crippen LogP contribution in [0, 0.1) is 34.5 Å². The third kappa shape index (κ3) is 10.2. The summed E-state index contributed by atoms with van der Waals surface area (Å²) < 4.78 is 0. The molecule has 414 valence electrons. The number of quaternary nitrogens is 1. The van der Waals surface area contributed by atoms with Gasteiger partial charge in [0.25, 0.3) is 0 Å². The summed E-state index contributed by atoms with van der Waals surface area (Å²) in [6.07, 6.45) is 24.2. The van der Waals surface area contributed by atoms with Gasteiger partial charge in [0, 0.05) is 90.7 Å². The summed E-state index contributed by atoms with van der Waals surface area (Å²) in [4.78, 5) is 12.9. The van der Waals surface area contributed by atoms with Crippen molar-refractivity contribution in [3.8, 4) is 0 Å². The predicted molar refractivity (Wildman–Crippen MR) is 341 cm³/mol. The Morgan fingerprint density at radius 3 is 1.75 bits per heavy atom. The molecule has 3 N–H and O–H groups in total. The lowest BCUT2D eigenvalue weighted by atomic mass is 9.41. The molecule has 5 aromatic rings. The van der Waals surface area contributed by atoms with Gasteiger partial charge in [-0.25, -0.2) is 4.99 Å². The quantitative estimate of drug-likeness (QED) is 0.0685. The lowest BCUT2D eigenvalue weighted by Crippen LogP contribution is -3.06. The van der Waals surface area contributed by atoms with Gasteiger partial charge in [0.2, 0.25) is 5.71 Å². The molecule has 0 saturated heterocycles. The standard InChI is InChI=1S/C74H88N6/c1-10-77(11-2)50-52-25-27-53(28-26-52)71(56-33-39-61(40-34-56)80(16-7)17-8)65-42-44-69(73(9)45-21-20-24-67(65)73)75-49-58-46-57-47-74(48-66(58)72(57)74)51-76-68-43-41-64(62-22-18-19-23-63(62)68)70(54-29-35-59(36-30-54)78(12-3)13-4)55-31-37-60(38-32-55)79(14-5)15-6/h18-44,50,57-58,66,72,75H,10-17,45-49,51H2,1-9H3/p+2. The van der Waals surface area contributed by atoms with Gasteiger partial charge in [0.1, 0.15) is 12.7 Å². The van der Waals surface area contributed by atoms with Crippen LogP contribution in [0.2, 0.25) is 0 Å². The Bertz CT molecular complexity index is 3310. The smallest absolute Gasteiger partial charge is 0.206 e. The number of fused-ring (bicyclic) bond motifs is 2. The normalized spacial score (nSPS) is 23.4. The van der Waals surface area contributed by atoms with E-state index in [0.717, 1.165) is 89.6 Å². The summed E-state index contributed by atoms with van der Waals surface area (Å²) in [5.74, 6) is 3.17. The van der Waals surface area contributed by atoms with Gasteiger partial charge in [0.05, 0.1) is 18.7 Å². The minimum Gasteiger partial charge on any atom is -0.387 e. The molecule has 0 amide bonds. The van der Waals surface area contributed by atoms with E-state index in [1.165, 1.54) is 119 Å². The van der Waals surface area contributed by atoms with Crippen LogP contribution in [0.1, 0.15) is 116 Å². The molecule has 0 radical (unpaired) electrons. The molecule has 6 heteroatoms. The number of benzene rings is 5. The number of nitrogens with zero attached hydrogens (tertiary/aromatic N) is 3. The Labute approximate surface area is 480 Å². The molecule has 0 spiro atoms. The highest BCUT2D eigenvalue weighted by molar-refractivity contribution is 6.17. The Morgan fingerprint density at radius 2 is 1.19 bits per heavy atom. The third-order valence-electron chi connectivity index (χ3n) is 20.0. The van der Waals surface area contributed by atoms with Crippen molar-refractivity contribution in [2.75, 3.05) is 80.1 Å². The van der Waals surface area contributed by atoms with E-state index in [-0.39, 0.29) is 5.41 Å². The monoisotopic (exact) mass is 1060 g/mol. The molecular weight excluding hydrogens is 973 g/mol. The molecule has 0 bridgehead atoms. The van der Waals surface area contributed by atoms with Crippen molar-refractivity contribution in [3.05, 3.63) is 219 Å². The average Bonchev–Trinajstić information content (AvgIpc) is 2.14. The number of anilines is 3. The fourth-order valence-corrected chi connectivity index (χ4v) is 15.5. The van der Waals surface area contributed by atoms with Crippen LogP contribution in [-0.4, -0.2) is 71.2 Å². The van der Waals surface area contributed by atoms with Crippen LogP contribution < -0.4 is 40.3 Å². The van der Waals surface area contributed by atoms with E-state index in [2.05, 4.69) is 257 Å². The summed E-state index contributed by atoms with van der Waals surface area (Å²) in [5, 5.41) is 6.74. The fraction of sp³-hybridized carbons (Fsp3) is 0.392. The van der Waals surface area contributed by atoms with Crippen LogP contribution in [-0.2, 0) is 0 Å². The molecule has 6 aliphatic carbocycles. The lowest BCUT2D eigenvalue weighted by molar-refractivity contribution is -0.813. The second-order valence-corrected chi connectivity index (χ2v) is 23.9. The Balaban J connectivity index is 0.837. The minimum atomic E-state index is -0.140. The van der Waals surface area contributed by atoms with E-state index in [1.807, 2.05) is 0 Å². The van der Waals surface area contributed by atoms with Crippen LogP contribution >= 0.6 is 0 Å².